The van der Waals surface area contributed by atoms with Gasteiger partial charge >= 0.3 is 6.18 Å². The molecule has 0 aromatic heterocycles. The number of nitrogens with zero attached hydrogens (tertiary/aromatic N) is 1. The van der Waals surface area contributed by atoms with E-state index in [0.717, 1.165) is 4.47 Å². The van der Waals surface area contributed by atoms with Crippen LogP contribution < -0.4 is 5.32 Å². The van der Waals surface area contributed by atoms with E-state index in [9.17, 15) is 13.2 Å². The molecule has 0 unspecified atom stereocenters. The minimum Gasteiger partial charge on any atom is -0.314 e. The Bertz CT molecular complexity index is 465. The van der Waals surface area contributed by atoms with Crippen LogP contribution in [0.1, 0.15) is 18.0 Å². The zero-order valence-electron chi connectivity index (χ0n) is 11.1. The Morgan fingerprint density at radius 1 is 1.29 bits per heavy atom. The van der Waals surface area contributed by atoms with Crippen molar-refractivity contribution in [3.8, 4) is 0 Å². The van der Waals surface area contributed by atoms with Crippen molar-refractivity contribution in [2.45, 2.75) is 18.6 Å². The third-order valence-electron chi connectivity index (χ3n) is 3.33. The number of benzene rings is 1. The van der Waals surface area contributed by atoms with Gasteiger partial charge in [-0.15, -0.1) is 12.4 Å². The van der Waals surface area contributed by atoms with Crippen molar-refractivity contribution in [3.05, 3.63) is 33.3 Å². The molecule has 1 aliphatic heterocycles. The van der Waals surface area contributed by atoms with E-state index in [2.05, 4.69) is 21.2 Å². The van der Waals surface area contributed by atoms with Crippen LogP contribution in [-0.2, 0) is 0 Å². The number of hydrogen-bond acceptors (Lipinski definition) is 2. The molecule has 1 saturated heterocycles. The minimum atomic E-state index is -4.22. The molecule has 1 aromatic carbocycles. The molecule has 0 saturated carbocycles. The van der Waals surface area contributed by atoms with Crippen molar-refractivity contribution in [1.29, 1.82) is 0 Å². The van der Waals surface area contributed by atoms with Crippen molar-refractivity contribution in [1.82, 2.24) is 10.2 Å². The van der Waals surface area contributed by atoms with Crippen molar-refractivity contribution in [3.63, 3.8) is 0 Å². The molecule has 21 heavy (non-hydrogen) atoms. The first kappa shape index (κ1) is 19.0. The van der Waals surface area contributed by atoms with E-state index in [1.54, 1.807) is 18.2 Å². The van der Waals surface area contributed by atoms with Gasteiger partial charge in [-0.2, -0.15) is 13.2 Å². The number of alkyl halides is 3. The summed E-state index contributed by atoms with van der Waals surface area (Å²) in [5, 5.41) is 3.52. The summed E-state index contributed by atoms with van der Waals surface area (Å²) in [4.78, 5) is 1.84. The lowest BCUT2D eigenvalue weighted by molar-refractivity contribution is -0.148. The van der Waals surface area contributed by atoms with Gasteiger partial charge in [-0.3, -0.25) is 4.90 Å². The van der Waals surface area contributed by atoms with E-state index < -0.39 is 18.6 Å². The number of halogens is 6. The molecule has 0 radical (unpaired) electrons. The third-order valence-corrected chi connectivity index (χ3v) is 4.17. The molecular weight excluding hydrogens is 392 g/mol. The highest BCUT2D eigenvalue weighted by Crippen LogP contribution is 2.38. The average molecular weight is 408 g/mol. The summed E-state index contributed by atoms with van der Waals surface area (Å²) < 4.78 is 39.4. The number of hydrogen-bond donors (Lipinski definition) is 1. The summed E-state index contributed by atoms with van der Waals surface area (Å²) in [6, 6.07) is 4.31. The van der Waals surface area contributed by atoms with Gasteiger partial charge in [0.05, 0.1) is 6.42 Å². The Hall–Kier alpha value is -0.0100. The molecule has 0 amide bonds. The molecule has 2 nitrogen and oxygen atoms in total. The second-order valence-corrected chi connectivity index (χ2v) is 6.11. The number of piperazine rings is 1. The molecular formula is C13H16BrCl2F3N2. The fourth-order valence-electron chi connectivity index (χ4n) is 2.42. The van der Waals surface area contributed by atoms with Gasteiger partial charge in [0.25, 0.3) is 0 Å². The topological polar surface area (TPSA) is 15.3 Å². The molecule has 1 atom stereocenters. The fourth-order valence-corrected chi connectivity index (χ4v) is 3.04. The van der Waals surface area contributed by atoms with Crippen LogP contribution in [0.4, 0.5) is 13.2 Å². The molecule has 120 valence electrons. The fraction of sp³-hybridized carbons (Fsp3) is 0.538. The molecule has 0 aliphatic carbocycles. The summed E-state index contributed by atoms with van der Waals surface area (Å²) in [6.07, 6.45) is -5.11. The minimum absolute atomic E-state index is 0. The monoisotopic (exact) mass is 406 g/mol. The van der Waals surface area contributed by atoms with E-state index in [1.807, 2.05) is 4.90 Å². The quantitative estimate of drug-likeness (QED) is 0.797. The van der Waals surface area contributed by atoms with Gasteiger partial charge in [0.1, 0.15) is 0 Å². The highest BCUT2D eigenvalue weighted by atomic mass is 79.9. The lowest BCUT2D eigenvalue weighted by Crippen LogP contribution is -2.46. The second-order valence-electron chi connectivity index (χ2n) is 4.79. The maximum Gasteiger partial charge on any atom is 0.390 e. The normalized spacial score (nSPS) is 18.1. The van der Waals surface area contributed by atoms with Crippen LogP contribution >= 0.6 is 39.9 Å². The molecule has 1 aliphatic rings. The summed E-state index contributed by atoms with van der Waals surface area (Å²) in [6.45, 7) is 2.56. The Balaban J connectivity index is 0.00000220. The smallest absolute Gasteiger partial charge is 0.314 e. The zero-order valence-corrected chi connectivity index (χ0v) is 14.2. The summed E-state index contributed by atoms with van der Waals surface area (Å²) in [5.74, 6) is 0. The van der Waals surface area contributed by atoms with Crippen LogP contribution in [-0.4, -0.2) is 37.3 Å². The molecule has 2 rings (SSSR count). The maximum atomic E-state index is 12.9. The predicted octanol–water partition coefficient (Wildman–Crippen LogP) is 4.42. The molecule has 1 fully saturated rings. The van der Waals surface area contributed by atoms with E-state index in [-0.39, 0.29) is 12.4 Å². The Morgan fingerprint density at radius 3 is 2.48 bits per heavy atom. The van der Waals surface area contributed by atoms with Gasteiger partial charge in [0.15, 0.2) is 0 Å². The van der Waals surface area contributed by atoms with Crippen molar-refractivity contribution in [2.24, 2.45) is 0 Å². The van der Waals surface area contributed by atoms with Gasteiger partial charge in [-0.05, 0) is 23.8 Å². The number of nitrogens with one attached hydrogen (secondary N) is 1. The Morgan fingerprint density at radius 2 is 1.90 bits per heavy atom. The SMILES string of the molecule is Cl.FC(F)(F)C[C@@H](c1cc(Br)ccc1Cl)N1CCNCC1. The van der Waals surface area contributed by atoms with E-state index in [1.165, 1.54) is 0 Å². The van der Waals surface area contributed by atoms with Crippen molar-refractivity contribution >= 4 is 39.9 Å². The zero-order chi connectivity index (χ0) is 14.8. The molecule has 1 aromatic rings. The summed E-state index contributed by atoms with van der Waals surface area (Å²) in [5.41, 5.74) is 0.528. The lowest BCUT2D eigenvalue weighted by Gasteiger charge is -2.36. The van der Waals surface area contributed by atoms with Gasteiger partial charge < -0.3 is 5.32 Å². The average Bonchev–Trinajstić information content (AvgIpc) is 2.39. The first-order valence-electron chi connectivity index (χ1n) is 6.33. The van der Waals surface area contributed by atoms with Gasteiger partial charge in [-0.25, -0.2) is 0 Å². The van der Waals surface area contributed by atoms with E-state index in [0.29, 0.717) is 36.8 Å². The highest BCUT2D eigenvalue weighted by molar-refractivity contribution is 9.10. The van der Waals surface area contributed by atoms with Crippen LogP contribution in [0, 0.1) is 0 Å². The van der Waals surface area contributed by atoms with Crippen LogP contribution in [0.3, 0.4) is 0 Å². The number of rotatable bonds is 3. The lowest BCUT2D eigenvalue weighted by atomic mass is 10.0. The second kappa shape index (κ2) is 8.02. The van der Waals surface area contributed by atoms with Crippen molar-refractivity contribution in [2.75, 3.05) is 26.2 Å². The van der Waals surface area contributed by atoms with E-state index in [4.69, 9.17) is 11.6 Å². The predicted molar refractivity (Wildman–Crippen MR) is 84.3 cm³/mol. The summed E-state index contributed by atoms with van der Waals surface area (Å²) >= 11 is 9.41. The van der Waals surface area contributed by atoms with Crippen LogP contribution in [0.15, 0.2) is 22.7 Å². The van der Waals surface area contributed by atoms with Crippen molar-refractivity contribution < 1.29 is 13.2 Å². The van der Waals surface area contributed by atoms with Crippen LogP contribution in [0.25, 0.3) is 0 Å². The van der Waals surface area contributed by atoms with Crippen LogP contribution in [0.2, 0.25) is 5.02 Å². The van der Waals surface area contributed by atoms with E-state index >= 15 is 0 Å². The third kappa shape index (κ3) is 5.60. The molecule has 0 bridgehead atoms. The highest BCUT2D eigenvalue weighted by Gasteiger charge is 2.36. The molecule has 1 N–H and O–H groups in total. The Kier molecular flexibility index (Phi) is 7.27. The standard InChI is InChI=1S/C13H15BrClF3N2.ClH/c14-9-1-2-11(15)10(7-9)12(8-13(16,17)18)20-5-3-19-4-6-20;/h1-2,7,12,19H,3-6,8H2;1H/t12-;/m0./s1. The molecule has 0 spiro atoms. The first-order valence-corrected chi connectivity index (χ1v) is 7.50. The van der Waals surface area contributed by atoms with Gasteiger partial charge in [0.2, 0.25) is 0 Å². The Labute approximate surface area is 141 Å². The van der Waals surface area contributed by atoms with Gasteiger partial charge in [-0.1, -0.05) is 27.5 Å². The first-order chi connectivity index (χ1) is 9.37. The van der Waals surface area contributed by atoms with Gasteiger partial charge in [0, 0.05) is 41.7 Å². The van der Waals surface area contributed by atoms with Crippen LogP contribution in [0.5, 0.6) is 0 Å². The maximum absolute atomic E-state index is 12.9. The summed E-state index contributed by atoms with van der Waals surface area (Å²) in [7, 11) is 0. The molecule has 1 heterocycles. The largest absolute Gasteiger partial charge is 0.390 e. The molecule has 8 heteroatoms.